The van der Waals surface area contributed by atoms with E-state index in [4.69, 9.17) is 0 Å². The number of carbonyl (C=O) groups excluding carboxylic acids is 2. The number of carbonyl (C=O) groups is 2. The molecule has 1 aliphatic heterocycles. The zero-order chi connectivity index (χ0) is 21.9. The predicted octanol–water partition coefficient (Wildman–Crippen LogP) is 1.75. The van der Waals surface area contributed by atoms with Crippen LogP contribution in [0.2, 0.25) is 0 Å². The number of hydrogen-bond acceptors (Lipinski definition) is 5. The lowest BCUT2D eigenvalue weighted by Gasteiger charge is -2.40. The summed E-state index contributed by atoms with van der Waals surface area (Å²) < 4.78 is 28.4. The molecule has 1 aliphatic carbocycles. The summed E-state index contributed by atoms with van der Waals surface area (Å²) in [5.41, 5.74) is -0.400. The van der Waals surface area contributed by atoms with Crippen molar-refractivity contribution < 1.29 is 18.0 Å². The second-order valence-corrected chi connectivity index (χ2v) is 9.48. The SMILES string of the molecule is CCN(CC)C(=O)C1(NC(=O)CN(C)C2=NS(=O)(=O)c3ccccc32)CCCCC1. The highest BCUT2D eigenvalue weighted by molar-refractivity contribution is 7.90. The quantitative estimate of drug-likeness (QED) is 0.735. The van der Waals surface area contributed by atoms with E-state index in [1.165, 1.54) is 11.0 Å². The second kappa shape index (κ2) is 8.75. The zero-order valence-electron chi connectivity index (χ0n) is 17.8. The Hall–Kier alpha value is -2.42. The van der Waals surface area contributed by atoms with Gasteiger partial charge in [-0.3, -0.25) is 9.59 Å². The van der Waals surface area contributed by atoms with E-state index in [9.17, 15) is 18.0 Å². The van der Waals surface area contributed by atoms with E-state index in [1.807, 2.05) is 13.8 Å². The first kappa shape index (κ1) is 22.3. The Morgan fingerprint density at radius 3 is 2.37 bits per heavy atom. The summed E-state index contributed by atoms with van der Waals surface area (Å²) >= 11 is 0. The number of hydrogen-bond donors (Lipinski definition) is 1. The fraction of sp³-hybridized carbons (Fsp3) is 0.571. The van der Waals surface area contributed by atoms with Gasteiger partial charge in [-0.25, -0.2) is 0 Å². The number of amidine groups is 1. The van der Waals surface area contributed by atoms with Gasteiger partial charge in [0.15, 0.2) is 5.84 Å². The van der Waals surface area contributed by atoms with E-state index in [0.717, 1.165) is 19.3 Å². The van der Waals surface area contributed by atoms with Crippen molar-refractivity contribution in [3.05, 3.63) is 29.8 Å². The van der Waals surface area contributed by atoms with Gasteiger partial charge in [0.2, 0.25) is 11.8 Å². The smallest absolute Gasteiger partial charge is 0.285 e. The van der Waals surface area contributed by atoms with Crippen molar-refractivity contribution in [2.45, 2.75) is 56.4 Å². The molecular weight excluding hydrogens is 404 g/mol. The Morgan fingerprint density at radius 2 is 1.73 bits per heavy atom. The zero-order valence-corrected chi connectivity index (χ0v) is 18.7. The van der Waals surface area contributed by atoms with Crippen LogP contribution in [0.4, 0.5) is 0 Å². The number of benzene rings is 1. The molecule has 2 amide bonds. The topological polar surface area (TPSA) is 99.2 Å². The van der Waals surface area contributed by atoms with E-state index < -0.39 is 15.6 Å². The molecule has 1 aromatic rings. The number of rotatable bonds is 6. The van der Waals surface area contributed by atoms with Crippen LogP contribution in [-0.4, -0.2) is 68.1 Å². The van der Waals surface area contributed by atoms with E-state index in [1.54, 1.807) is 30.1 Å². The molecule has 0 atom stereocenters. The molecule has 0 saturated heterocycles. The van der Waals surface area contributed by atoms with Crippen LogP contribution in [-0.2, 0) is 19.6 Å². The number of nitrogens with one attached hydrogen (secondary N) is 1. The molecular formula is C21H30N4O4S. The number of nitrogens with zero attached hydrogens (tertiary/aromatic N) is 3. The van der Waals surface area contributed by atoms with E-state index in [0.29, 0.717) is 31.5 Å². The maximum absolute atomic E-state index is 13.2. The summed E-state index contributed by atoms with van der Waals surface area (Å²) in [6.45, 7) is 4.97. The van der Waals surface area contributed by atoms with Crippen LogP contribution < -0.4 is 5.32 Å². The molecule has 2 aliphatic rings. The molecule has 3 rings (SSSR count). The standard InChI is InChI=1S/C21H30N4O4S/c1-4-25(5-2)20(27)21(13-9-6-10-14-21)22-18(26)15-24(3)19-16-11-7-8-12-17(16)30(28,29)23-19/h7-8,11-12H,4-6,9-10,13-15H2,1-3H3,(H,22,26). The molecule has 9 heteroatoms. The minimum absolute atomic E-state index is 0.0330. The highest BCUT2D eigenvalue weighted by atomic mass is 32.2. The van der Waals surface area contributed by atoms with Crippen LogP contribution >= 0.6 is 0 Å². The number of fused-ring (bicyclic) bond motifs is 1. The van der Waals surface area contributed by atoms with Crippen molar-refractivity contribution >= 4 is 27.7 Å². The average molecular weight is 435 g/mol. The Bertz CT molecular complexity index is 948. The van der Waals surface area contributed by atoms with Crippen molar-refractivity contribution in [3.63, 3.8) is 0 Å². The molecule has 1 aromatic carbocycles. The molecule has 1 N–H and O–H groups in total. The van der Waals surface area contributed by atoms with E-state index >= 15 is 0 Å². The predicted molar refractivity (Wildman–Crippen MR) is 115 cm³/mol. The van der Waals surface area contributed by atoms with Gasteiger partial charge in [-0.2, -0.15) is 8.42 Å². The maximum Gasteiger partial charge on any atom is 0.285 e. The second-order valence-electron chi connectivity index (χ2n) is 7.91. The van der Waals surface area contributed by atoms with Crippen LogP contribution in [0.25, 0.3) is 0 Å². The van der Waals surface area contributed by atoms with Crippen LogP contribution in [0.1, 0.15) is 51.5 Å². The largest absolute Gasteiger partial charge is 0.349 e. The van der Waals surface area contributed by atoms with Crippen LogP contribution in [0.3, 0.4) is 0 Å². The summed E-state index contributed by atoms with van der Waals surface area (Å²) in [5, 5.41) is 3.00. The first-order valence-corrected chi connectivity index (χ1v) is 11.9. The minimum Gasteiger partial charge on any atom is -0.349 e. The first-order valence-electron chi connectivity index (χ1n) is 10.5. The van der Waals surface area contributed by atoms with Gasteiger partial charge >= 0.3 is 0 Å². The Kier molecular flexibility index (Phi) is 6.50. The number of sulfonamides is 1. The van der Waals surface area contributed by atoms with Crippen molar-refractivity contribution in [1.82, 2.24) is 15.1 Å². The Morgan fingerprint density at radius 1 is 1.10 bits per heavy atom. The molecule has 0 bridgehead atoms. The molecule has 1 fully saturated rings. The fourth-order valence-corrected chi connectivity index (χ4v) is 5.57. The molecule has 164 valence electrons. The van der Waals surface area contributed by atoms with Gasteiger partial charge in [0.05, 0.1) is 6.54 Å². The third-order valence-electron chi connectivity index (χ3n) is 5.90. The van der Waals surface area contributed by atoms with Crippen LogP contribution in [0.15, 0.2) is 33.6 Å². The summed E-state index contributed by atoms with van der Waals surface area (Å²) in [4.78, 5) is 29.6. The van der Waals surface area contributed by atoms with Crippen molar-refractivity contribution in [2.24, 2.45) is 4.40 Å². The molecule has 8 nitrogen and oxygen atoms in total. The van der Waals surface area contributed by atoms with E-state index in [2.05, 4.69) is 9.71 Å². The molecule has 0 spiro atoms. The average Bonchev–Trinajstić information content (AvgIpc) is 3.01. The van der Waals surface area contributed by atoms with Gasteiger partial charge in [-0.1, -0.05) is 31.4 Å². The van der Waals surface area contributed by atoms with Gasteiger partial charge < -0.3 is 15.1 Å². The Labute approximate surface area is 178 Å². The van der Waals surface area contributed by atoms with Crippen molar-refractivity contribution in [3.8, 4) is 0 Å². The van der Waals surface area contributed by atoms with Crippen molar-refractivity contribution in [2.75, 3.05) is 26.7 Å². The van der Waals surface area contributed by atoms with E-state index in [-0.39, 0.29) is 29.1 Å². The normalized spacial score (nSPS) is 18.8. The Balaban J connectivity index is 1.77. The monoisotopic (exact) mass is 434 g/mol. The molecule has 1 saturated carbocycles. The molecule has 0 radical (unpaired) electrons. The minimum atomic E-state index is -3.75. The molecule has 1 heterocycles. The van der Waals surface area contributed by atoms with Gasteiger partial charge in [0.25, 0.3) is 10.0 Å². The van der Waals surface area contributed by atoms with Crippen LogP contribution in [0.5, 0.6) is 0 Å². The third-order valence-corrected chi connectivity index (χ3v) is 7.23. The fourth-order valence-electron chi connectivity index (χ4n) is 4.32. The van der Waals surface area contributed by atoms with Gasteiger partial charge in [0.1, 0.15) is 10.4 Å². The molecule has 30 heavy (non-hydrogen) atoms. The third kappa shape index (κ3) is 4.21. The van der Waals surface area contributed by atoms with Gasteiger partial charge in [-0.15, -0.1) is 4.40 Å². The highest BCUT2D eigenvalue weighted by Gasteiger charge is 2.43. The van der Waals surface area contributed by atoms with Crippen LogP contribution in [0, 0.1) is 0 Å². The lowest BCUT2D eigenvalue weighted by atomic mass is 9.80. The summed E-state index contributed by atoms with van der Waals surface area (Å²) in [5.74, 6) is -0.104. The van der Waals surface area contributed by atoms with Gasteiger partial charge in [0, 0.05) is 25.7 Å². The summed E-state index contributed by atoms with van der Waals surface area (Å²) in [6, 6.07) is 6.57. The van der Waals surface area contributed by atoms with Gasteiger partial charge in [-0.05, 0) is 38.8 Å². The summed E-state index contributed by atoms with van der Waals surface area (Å²) in [7, 11) is -2.12. The highest BCUT2D eigenvalue weighted by Crippen LogP contribution is 2.31. The summed E-state index contributed by atoms with van der Waals surface area (Å²) in [6.07, 6.45) is 4.07. The molecule has 0 unspecified atom stereocenters. The lowest BCUT2D eigenvalue weighted by Crippen LogP contribution is -2.61. The maximum atomic E-state index is 13.2. The number of amides is 2. The molecule has 0 aromatic heterocycles. The lowest BCUT2D eigenvalue weighted by molar-refractivity contribution is -0.143. The number of likely N-dealkylation sites (N-methyl/N-ethyl adjacent to an activating group) is 2. The van der Waals surface area contributed by atoms with Crippen molar-refractivity contribution in [1.29, 1.82) is 0 Å². The first-order chi connectivity index (χ1) is 14.2.